The number of hydrogen-bond acceptors (Lipinski definition) is 7. The first-order valence-electron chi connectivity index (χ1n) is 23.5. The molecule has 0 spiro atoms. The maximum atomic E-state index is 12.7. The molecule has 0 aromatic heterocycles. The van der Waals surface area contributed by atoms with E-state index >= 15 is 0 Å². The minimum Gasteiger partial charge on any atom is -0.544 e. The van der Waals surface area contributed by atoms with Crippen molar-refractivity contribution in [1.29, 1.82) is 0 Å². The van der Waals surface area contributed by atoms with Gasteiger partial charge in [0, 0.05) is 19.3 Å². The topological polar surface area (TPSA) is 102 Å². The molecule has 0 radical (unpaired) electrons. The number of carbonyl (C=O) groups excluding carboxylic acids is 3. The van der Waals surface area contributed by atoms with E-state index in [1.807, 2.05) is 0 Å². The van der Waals surface area contributed by atoms with Crippen molar-refractivity contribution in [3.8, 4) is 0 Å². The number of esters is 2. The smallest absolute Gasteiger partial charge is 0.306 e. The molecule has 8 heteroatoms. The number of ether oxygens (including phenoxy) is 3. The number of allylic oxidation sites excluding steroid dienone is 6. The molecule has 0 aliphatic heterocycles. The van der Waals surface area contributed by atoms with Gasteiger partial charge in [0.2, 0.25) is 0 Å². The largest absolute Gasteiger partial charge is 0.544 e. The lowest BCUT2D eigenvalue weighted by Gasteiger charge is -2.34. The van der Waals surface area contributed by atoms with Gasteiger partial charge < -0.3 is 28.6 Å². The first-order chi connectivity index (χ1) is 27.6. The highest BCUT2D eigenvalue weighted by atomic mass is 16.6. The van der Waals surface area contributed by atoms with Crippen molar-refractivity contribution in [3.63, 3.8) is 0 Å². The van der Waals surface area contributed by atoms with Gasteiger partial charge in [0.05, 0.1) is 40.3 Å². The molecule has 0 bridgehead atoms. The zero-order valence-corrected chi connectivity index (χ0v) is 37.8. The van der Waals surface area contributed by atoms with Crippen molar-refractivity contribution >= 4 is 17.9 Å². The molecule has 0 aromatic rings. The molecule has 8 nitrogen and oxygen atoms in total. The summed E-state index contributed by atoms with van der Waals surface area (Å²) in [4.78, 5) is 36.8. The van der Waals surface area contributed by atoms with Gasteiger partial charge in [-0.05, 0) is 64.2 Å². The van der Waals surface area contributed by atoms with Crippen LogP contribution in [0.1, 0.15) is 206 Å². The summed E-state index contributed by atoms with van der Waals surface area (Å²) >= 11 is 0. The number of aliphatic carboxylic acids is 1. The molecule has 0 N–H and O–H groups in total. The predicted octanol–water partition coefficient (Wildman–Crippen LogP) is 11.7. The van der Waals surface area contributed by atoms with Gasteiger partial charge in [-0.15, -0.1) is 0 Å². The summed E-state index contributed by atoms with van der Waals surface area (Å²) in [5.74, 6) is -1.76. The minimum atomic E-state index is -1.13. The molecule has 57 heavy (non-hydrogen) atoms. The number of likely N-dealkylation sites (N-methyl/N-ethyl adjacent to an activating group) is 1. The van der Waals surface area contributed by atoms with Crippen LogP contribution in [0.3, 0.4) is 0 Å². The first kappa shape index (κ1) is 54.6. The summed E-state index contributed by atoms with van der Waals surface area (Å²) in [6.45, 7) is 4.60. The van der Waals surface area contributed by atoms with Crippen LogP contribution in [-0.2, 0) is 28.6 Å². The molecule has 0 fully saturated rings. The van der Waals surface area contributed by atoms with Crippen LogP contribution in [0, 0.1) is 0 Å². The molecule has 0 saturated heterocycles. The van der Waals surface area contributed by atoms with Gasteiger partial charge >= 0.3 is 11.9 Å². The van der Waals surface area contributed by atoms with Gasteiger partial charge in [-0.25, -0.2) is 0 Å². The van der Waals surface area contributed by atoms with E-state index in [4.69, 9.17) is 14.2 Å². The molecule has 0 aliphatic rings. The van der Waals surface area contributed by atoms with Crippen molar-refractivity contribution in [2.45, 2.75) is 219 Å². The molecular weight excluding hydrogens is 715 g/mol. The third-order valence-electron chi connectivity index (χ3n) is 10.5. The molecule has 0 aromatic carbocycles. The number of rotatable bonds is 42. The monoisotopic (exact) mass is 804 g/mol. The molecule has 332 valence electrons. The molecular formula is C49H89NO7. The number of hydrogen-bond donors (Lipinski definition) is 0. The lowest BCUT2D eigenvalue weighted by Crippen LogP contribution is -2.55. The summed E-state index contributed by atoms with van der Waals surface area (Å²) in [7, 11) is 5.40. The third-order valence-corrected chi connectivity index (χ3v) is 10.5. The van der Waals surface area contributed by atoms with Crippen molar-refractivity contribution in [1.82, 2.24) is 0 Å². The fraction of sp³-hybridized carbons (Fsp3) is 0.816. The Balaban J connectivity index is 4.23. The van der Waals surface area contributed by atoms with Crippen LogP contribution in [-0.4, -0.2) is 75.5 Å². The molecule has 0 rings (SSSR count). The fourth-order valence-electron chi connectivity index (χ4n) is 6.79. The van der Waals surface area contributed by atoms with E-state index in [0.29, 0.717) is 12.8 Å². The Kier molecular flexibility index (Phi) is 38.6. The van der Waals surface area contributed by atoms with E-state index in [-0.39, 0.29) is 42.7 Å². The van der Waals surface area contributed by atoms with Crippen molar-refractivity contribution in [3.05, 3.63) is 36.5 Å². The Hall–Kier alpha value is -2.45. The molecule has 0 saturated carbocycles. The number of carbonyl (C=O) groups is 3. The Morgan fingerprint density at radius 1 is 0.526 bits per heavy atom. The Morgan fingerprint density at radius 3 is 1.42 bits per heavy atom. The lowest BCUT2D eigenvalue weighted by molar-refractivity contribution is -0.889. The number of carboxylic acids is 1. The van der Waals surface area contributed by atoms with Gasteiger partial charge in [0.25, 0.3) is 0 Å². The second-order valence-corrected chi connectivity index (χ2v) is 17.0. The average molecular weight is 804 g/mol. The Morgan fingerprint density at radius 2 is 0.947 bits per heavy atom. The highest BCUT2D eigenvalue weighted by Gasteiger charge is 2.25. The van der Waals surface area contributed by atoms with Crippen LogP contribution in [0.15, 0.2) is 36.5 Å². The van der Waals surface area contributed by atoms with Gasteiger partial charge in [0.1, 0.15) is 12.6 Å². The molecule has 2 atom stereocenters. The average Bonchev–Trinajstić information content (AvgIpc) is 3.17. The van der Waals surface area contributed by atoms with Gasteiger partial charge in [-0.1, -0.05) is 159 Å². The Bertz CT molecular complexity index is 1030. The SMILES string of the molecule is CCCC/C=C/CCCCCCC(=O)OCC(COCCC(C(=O)[O-])[N+](C)(C)C)OC(=O)CCCCCCCCC/C=C/C/C=C/CCCCCCCCCCC. The zero-order valence-electron chi connectivity index (χ0n) is 37.8. The normalized spacial score (nSPS) is 13.2. The first-order valence-corrected chi connectivity index (χ1v) is 23.5. The minimum absolute atomic E-state index is 0.0347. The Labute approximate surface area is 351 Å². The number of unbranched alkanes of at least 4 members (excludes halogenated alkanes) is 22. The van der Waals surface area contributed by atoms with Crippen molar-refractivity contribution in [2.75, 3.05) is 41.0 Å². The van der Waals surface area contributed by atoms with Crippen LogP contribution >= 0.6 is 0 Å². The summed E-state index contributed by atoms with van der Waals surface area (Å²) in [5.41, 5.74) is 0. The predicted molar refractivity (Wildman–Crippen MR) is 236 cm³/mol. The van der Waals surface area contributed by atoms with Crippen LogP contribution in [0.2, 0.25) is 0 Å². The maximum Gasteiger partial charge on any atom is 0.306 e. The van der Waals surface area contributed by atoms with Crippen LogP contribution in [0.25, 0.3) is 0 Å². The van der Waals surface area contributed by atoms with E-state index in [1.165, 1.54) is 103 Å². The van der Waals surface area contributed by atoms with Gasteiger partial charge in [0.15, 0.2) is 6.10 Å². The molecule has 0 heterocycles. The third kappa shape index (κ3) is 38.8. The van der Waals surface area contributed by atoms with Gasteiger partial charge in [-0.2, -0.15) is 0 Å². The molecule has 0 aliphatic carbocycles. The summed E-state index contributed by atoms with van der Waals surface area (Å²) in [6.07, 6.45) is 46.1. The summed E-state index contributed by atoms with van der Waals surface area (Å²) in [6, 6.07) is -0.728. The molecule has 0 amide bonds. The van der Waals surface area contributed by atoms with Crippen molar-refractivity contribution < 1.29 is 38.2 Å². The van der Waals surface area contributed by atoms with E-state index in [9.17, 15) is 19.5 Å². The standard InChI is InChI=1S/C49H89NO7/c1-6-8-10-12-14-16-18-19-20-21-22-23-24-25-26-27-28-29-30-32-34-36-38-40-48(52)57-45(43-55-42-41-46(49(53)54)50(3,4)5)44-56-47(51)39-37-35-33-31-17-15-13-11-9-7-2/h13,15,22-23,25-26,45-46H,6-12,14,16-21,24,27-44H2,1-5H3/b15-13+,23-22+,26-25+. The van der Waals surface area contributed by atoms with Crippen molar-refractivity contribution in [2.24, 2.45) is 0 Å². The quantitative estimate of drug-likeness (QED) is 0.0262. The van der Waals surface area contributed by atoms with Gasteiger partial charge in [-0.3, -0.25) is 9.59 Å². The summed E-state index contributed by atoms with van der Waals surface area (Å²) in [5, 5.41) is 11.6. The number of nitrogens with zero attached hydrogens (tertiary/aromatic N) is 1. The summed E-state index contributed by atoms with van der Waals surface area (Å²) < 4.78 is 17.1. The maximum absolute atomic E-state index is 12.7. The van der Waals surface area contributed by atoms with Crippen LogP contribution in [0.5, 0.6) is 0 Å². The van der Waals surface area contributed by atoms with E-state index in [1.54, 1.807) is 21.1 Å². The zero-order chi connectivity index (χ0) is 42.1. The highest BCUT2D eigenvalue weighted by molar-refractivity contribution is 5.70. The number of carboxylic acid groups (broad SMARTS) is 1. The van der Waals surface area contributed by atoms with Crippen LogP contribution in [0.4, 0.5) is 0 Å². The fourth-order valence-corrected chi connectivity index (χ4v) is 6.79. The number of quaternary nitrogens is 1. The second kappa shape index (κ2) is 40.3. The molecule has 2 unspecified atom stereocenters. The lowest BCUT2D eigenvalue weighted by atomic mass is 10.1. The second-order valence-electron chi connectivity index (χ2n) is 17.0. The van der Waals surface area contributed by atoms with E-state index < -0.39 is 18.1 Å². The van der Waals surface area contributed by atoms with Crippen LogP contribution < -0.4 is 5.11 Å². The van der Waals surface area contributed by atoms with E-state index in [2.05, 4.69) is 50.3 Å². The van der Waals surface area contributed by atoms with E-state index in [0.717, 1.165) is 70.6 Å². The highest BCUT2D eigenvalue weighted by Crippen LogP contribution is 2.14.